The minimum absolute atomic E-state index is 0.0522. The van der Waals surface area contributed by atoms with Crippen LogP contribution in [0, 0.1) is 0 Å². The van der Waals surface area contributed by atoms with Gasteiger partial charge in [-0.15, -0.1) is 0 Å². The summed E-state index contributed by atoms with van der Waals surface area (Å²) < 4.78 is 7.54. The lowest BCUT2D eigenvalue weighted by atomic mass is 10.1. The van der Waals surface area contributed by atoms with Crippen molar-refractivity contribution in [1.82, 2.24) is 24.5 Å². The van der Waals surface area contributed by atoms with Gasteiger partial charge in [-0.05, 0) is 24.3 Å². The molecular weight excluding hydrogens is 442 g/mol. The first-order valence-electron chi connectivity index (χ1n) is 10.8. The summed E-state index contributed by atoms with van der Waals surface area (Å²) in [5, 5.41) is 20.9. The van der Waals surface area contributed by atoms with Crippen LogP contribution in [-0.4, -0.2) is 66.9 Å². The molecule has 6 rings (SSSR count). The van der Waals surface area contributed by atoms with Crippen LogP contribution in [-0.2, 0) is 4.74 Å². The van der Waals surface area contributed by atoms with Gasteiger partial charge in [0.15, 0.2) is 17.5 Å². The molecule has 4 atom stereocenters. The summed E-state index contributed by atoms with van der Waals surface area (Å²) in [6.45, 7) is -0.360. The van der Waals surface area contributed by atoms with E-state index >= 15 is 0 Å². The molecule has 1 aromatic carbocycles. The van der Waals surface area contributed by atoms with Crippen molar-refractivity contribution in [2.75, 3.05) is 29.2 Å². The van der Waals surface area contributed by atoms with Gasteiger partial charge in [-0.3, -0.25) is 30.0 Å². The van der Waals surface area contributed by atoms with Gasteiger partial charge in [0.25, 0.3) is 5.56 Å². The number of nitrogens with two attached hydrogens (primary N) is 2. The van der Waals surface area contributed by atoms with E-state index < -0.39 is 30.3 Å². The molecule has 5 heterocycles. The molecule has 7 N–H and O–H groups in total. The molecule has 0 radical (unpaired) electrons. The Balaban J connectivity index is 1.64. The Labute approximate surface area is 192 Å². The maximum absolute atomic E-state index is 12.7. The number of H-pyrrole nitrogens is 1. The van der Waals surface area contributed by atoms with Crippen molar-refractivity contribution in [3.05, 3.63) is 40.8 Å². The molecule has 0 spiro atoms. The zero-order valence-corrected chi connectivity index (χ0v) is 18.2. The smallest absolute Gasteiger partial charge is 0.280 e. The predicted octanol–water partition coefficient (Wildman–Crippen LogP) is -0.279. The number of aliphatic hydroxyl groups is 2. The monoisotopic (exact) mass is 465 g/mol. The van der Waals surface area contributed by atoms with E-state index in [1.165, 1.54) is 0 Å². The SMILES string of the molecule is CN1c2ccc3ncccc3c2N(c2nc3c(=O)[nH]c(N)nc3n2[C@H]2C[C@H](O)[C@@H](CO)O2)C1N. The van der Waals surface area contributed by atoms with Crippen molar-refractivity contribution in [3.8, 4) is 0 Å². The number of rotatable bonds is 3. The van der Waals surface area contributed by atoms with Crippen LogP contribution in [0.15, 0.2) is 35.3 Å². The van der Waals surface area contributed by atoms with E-state index in [4.69, 9.17) is 16.2 Å². The number of ether oxygens (including phenoxy) is 1. The van der Waals surface area contributed by atoms with Crippen LogP contribution in [0.5, 0.6) is 0 Å². The number of hydrogen-bond donors (Lipinski definition) is 5. The summed E-state index contributed by atoms with van der Waals surface area (Å²) in [6, 6.07) is 7.62. The number of aromatic amines is 1. The zero-order valence-electron chi connectivity index (χ0n) is 18.2. The summed E-state index contributed by atoms with van der Waals surface area (Å²) in [5.74, 6) is 0.212. The number of hydrogen-bond acceptors (Lipinski definition) is 11. The summed E-state index contributed by atoms with van der Waals surface area (Å²) >= 11 is 0. The minimum Gasteiger partial charge on any atom is -0.394 e. The fourth-order valence-electron chi connectivity index (χ4n) is 4.79. The third-order valence-corrected chi connectivity index (χ3v) is 6.46. The second kappa shape index (κ2) is 7.36. The van der Waals surface area contributed by atoms with E-state index in [2.05, 4.69) is 19.9 Å². The minimum atomic E-state index is -0.910. The molecule has 1 fully saturated rings. The standard InChI is InChI=1S/C21H23N9O4/c1-28-11-5-4-10-9(3-2-6-24-10)16(11)30(20(28)23)21-25-15-17(26-19(22)27-18(15)33)29(21)14-7-12(32)13(8-31)34-14/h2-6,12-14,20,31-32H,7-8,23H2,1H3,(H3,22,26,27,33)/t12-,13+,14+,20?/m0/s1. The Morgan fingerprint density at radius 2 is 2.12 bits per heavy atom. The highest BCUT2D eigenvalue weighted by molar-refractivity contribution is 6.03. The number of aliphatic hydroxyl groups excluding tert-OH is 2. The van der Waals surface area contributed by atoms with E-state index in [0.717, 1.165) is 22.3 Å². The number of aromatic nitrogens is 5. The van der Waals surface area contributed by atoms with Gasteiger partial charge in [-0.1, -0.05) is 0 Å². The Morgan fingerprint density at radius 1 is 1.29 bits per heavy atom. The van der Waals surface area contributed by atoms with Gasteiger partial charge in [-0.2, -0.15) is 4.98 Å². The van der Waals surface area contributed by atoms with Crippen LogP contribution in [0.1, 0.15) is 12.6 Å². The molecule has 0 saturated carbocycles. The lowest BCUT2D eigenvalue weighted by molar-refractivity contribution is -0.0427. The second-order valence-electron chi connectivity index (χ2n) is 8.42. The number of pyridine rings is 1. The Hall–Kier alpha value is -3.78. The van der Waals surface area contributed by atoms with E-state index in [0.29, 0.717) is 5.95 Å². The van der Waals surface area contributed by atoms with Crippen molar-refractivity contribution < 1.29 is 14.9 Å². The van der Waals surface area contributed by atoms with Gasteiger partial charge < -0.3 is 25.6 Å². The van der Waals surface area contributed by atoms with Gasteiger partial charge >= 0.3 is 0 Å². The molecule has 4 aromatic rings. The van der Waals surface area contributed by atoms with Crippen molar-refractivity contribution in [1.29, 1.82) is 0 Å². The molecule has 176 valence electrons. The van der Waals surface area contributed by atoms with Crippen LogP contribution in [0.25, 0.3) is 22.1 Å². The molecule has 13 nitrogen and oxygen atoms in total. The van der Waals surface area contributed by atoms with E-state index in [1.807, 2.05) is 36.2 Å². The quantitative estimate of drug-likeness (QED) is 0.268. The Bertz CT molecular complexity index is 1480. The van der Waals surface area contributed by atoms with Crippen molar-refractivity contribution >= 4 is 45.3 Å². The lowest BCUT2D eigenvalue weighted by Crippen LogP contribution is -2.47. The molecule has 0 amide bonds. The average Bonchev–Trinajstić information content (AvgIpc) is 3.45. The Morgan fingerprint density at radius 3 is 2.88 bits per heavy atom. The van der Waals surface area contributed by atoms with Crippen LogP contribution in [0.2, 0.25) is 0 Å². The molecule has 0 aliphatic carbocycles. The number of anilines is 4. The fourth-order valence-corrected chi connectivity index (χ4v) is 4.79. The maximum Gasteiger partial charge on any atom is 0.280 e. The molecular formula is C21H23N9O4. The number of nitrogens with one attached hydrogen (secondary N) is 1. The highest BCUT2D eigenvalue weighted by atomic mass is 16.5. The van der Waals surface area contributed by atoms with Crippen LogP contribution in [0.4, 0.5) is 23.3 Å². The molecule has 0 bridgehead atoms. The van der Waals surface area contributed by atoms with Crippen LogP contribution < -0.4 is 26.8 Å². The third kappa shape index (κ3) is 2.81. The topological polar surface area (TPSA) is 185 Å². The number of benzene rings is 1. The van der Waals surface area contributed by atoms with Gasteiger partial charge in [0.1, 0.15) is 12.3 Å². The normalized spacial score (nSPS) is 24.5. The van der Waals surface area contributed by atoms with Crippen LogP contribution in [0.3, 0.4) is 0 Å². The van der Waals surface area contributed by atoms with Crippen molar-refractivity contribution in [2.24, 2.45) is 5.73 Å². The predicted molar refractivity (Wildman–Crippen MR) is 124 cm³/mol. The van der Waals surface area contributed by atoms with Crippen molar-refractivity contribution in [2.45, 2.75) is 31.1 Å². The first-order chi connectivity index (χ1) is 16.4. The highest BCUT2D eigenvalue weighted by Crippen LogP contribution is 2.47. The summed E-state index contributed by atoms with van der Waals surface area (Å²) in [6.07, 6.45) is -1.28. The number of nitrogens with zero attached hydrogens (tertiary/aromatic N) is 6. The van der Waals surface area contributed by atoms with E-state index in [1.54, 1.807) is 15.7 Å². The Kier molecular flexibility index (Phi) is 4.50. The first-order valence-corrected chi connectivity index (χ1v) is 10.8. The van der Waals surface area contributed by atoms with Crippen molar-refractivity contribution in [3.63, 3.8) is 0 Å². The van der Waals surface area contributed by atoms with Gasteiger partial charge in [0.05, 0.1) is 29.6 Å². The molecule has 3 aromatic heterocycles. The molecule has 34 heavy (non-hydrogen) atoms. The molecule has 1 saturated heterocycles. The molecule has 13 heteroatoms. The second-order valence-corrected chi connectivity index (χ2v) is 8.42. The van der Waals surface area contributed by atoms with E-state index in [-0.39, 0.29) is 30.1 Å². The highest BCUT2D eigenvalue weighted by Gasteiger charge is 2.42. The number of nitrogen functional groups attached to an aromatic ring is 1. The molecule has 1 unspecified atom stereocenters. The number of imidazole rings is 1. The zero-order chi connectivity index (χ0) is 23.7. The molecule has 2 aliphatic rings. The first kappa shape index (κ1) is 20.8. The maximum atomic E-state index is 12.7. The van der Waals surface area contributed by atoms with Gasteiger partial charge in [0.2, 0.25) is 11.9 Å². The average molecular weight is 465 g/mol. The number of fused-ring (bicyclic) bond motifs is 4. The van der Waals surface area contributed by atoms with Crippen LogP contribution >= 0.6 is 0 Å². The van der Waals surface area contributed by atoms with Gasteiger partial charge in [-0.25, -0.2) is 4.98 Å². The summed E-state index contributed by atoms with van der Waals surface area (Å²) in [7, 11) is 1.86. The summed E-state index contributed by atoms with van der Waals surface area (Å²) in [4.78, 5) is 32.3. The lowest BCUT2D eigenvalue weighted by Gasteiger charge is -2.28. The third-order valence-electron chi connectivity index (χ3n) is 6.46. The fraction of sp³-hybridized carbons (Fsp3) is 0.333. The largest absolute Gasteiger partial charge is 0.394 e. The van der Waals surface area contributed by atoms with Gasteiger partial charge in [0, 0.05) is 25.1 Å². The van der Waals surface area contributed by atoms with E-state index in [9.17, 15) is 15.0 Å². The molecule has 2 aliphatic heterocycles. The summed E-state index contributed by atoms with van der Waals surface area (Å²) in [5.41, 5.74) is 14.6.